The smallest absolute Gasteiger partial charge is 0.242 e. The van der Waals surface area contributed by atoms with Crippen molar-refractivity contribution in [1.29, 1.82) is 0 Å². The van der Waals surface area contributed by atoms with E-state index in [1.54, 1.807) is 0 Å². The van der Waals surface area contributed by atoms with Crippen molar-refractivity contribution < 1.29 is 4.79 Å². The Bertz CT molecular complexity index is 539. The zero-order chi connectivity index (χ0) is 15.6. The summed E-state index contributed by atoms with van der Waals surface area (Å²) in [7, 11) is 0. The fourth-order valence-corrected chi connectivity index (χ4v) is 3.78. The van der Waals surface area contributed by atoms with E-state index in [0.29, 0.717) is 0 Å². The van der Waals surface area contributed by atoms with Gasteiger partial charge < -0.3 is 15.5 Å². The Morgan fingerprint density at radius 2 is 1.58 bits per heavy atom. The fraction of sp³-hybridized carbons (Fsp3) is 0.611. The van der Waals surface area contributed by atoms with Crippen molar-refractivity contribution in [3.63, 3.8) is 0 Å². The molecule has 6 heteroatoms. The second-order valence-electron chi connectivity index (χ2n) is 6.78. The van der Waals surface area contributed by atoms with Crippen LogP contribution in [-0.4, -0.2) is 42.5 Å². The Balaban J connectivity index is 0.00000144. The normalized spacial score (nSPS) is 19.9. The van der Waals surface area contributed by atoms with Gasteiger partial charge in [-0.25, -0.2) is 0 Å². The fourth-order valence-electron chi connectivity index (χ4n) is 3.78. The number of carbonyl (C=O) groups is 1. The van der Waals surface area contributed by atoms with Gasteiger partial charge in [0.25, 0.3) is 0 Å². The number of anilines is 1. The van der Waals surface area contributed by atoms with E-state index >= 15 is 0 Å². The first-order valence-corrected chi connectivity index (χ1v) is 8.49. The van der Waals surface area contributed by atoms with Crippen LogP contribution in [0.3, 0.4) is 0 Å². The lowest BCUT2D eigenvalue weighted by atomic mass is 9.81. The molecular formula is C18H29Cl2N3O. The standard InChI is InChI=1S/C18H27N3O.2ClH/c1-15-7-3-4-8-16(15)20-11-13-21(14-12-20)17(22)18(19)9-5-2-6-10-18;;/h3-4,7-8H,2,5-6,9-14,19H2,1H3;2*1H. The minimum Gasteiger partial charge on any atom is -0.368 e. The summed E-state index contributed by atoms with van der Waals surface area (Å²) in [5, 5.41) is 0. The number of amides is 1. The highest BCUT2D eigenvalue weighted by Gasteiger charge is 2.39. The molecular weight excluding hydrogens is 345 g/mol. The molecule has 0 radical (unpaired) electrons. The van der Waals surface area contributed by atoms with E-state index in [-0.39, 0.29) is 30.7 Å². The molecule has 1 saturated heterocycles. The predicted molar refractivity (Wildman–Crippen MR) is 104 cm³/mol. The van der Waals surface area contributed by atoms with Gasteiger partial charge in [0.1, 0.15) is 0 Å². The summed E-state index contributed by atoms with van der Waals surface area (Å²) in [6.45, 7) is 5.50. The molecule has 0 spiro atoms. The maximum atomic E-state index is 12.8. The highest BCUT2D eigenvalue weighted by atomic mass is 35.5. The molecule has 1 amide bonds. The minimum absolute atomic E-state index is 0. The largest absolute Gasteiger partial charge is 0.368 e. The van der Waals surface area contributed by atoms with Gasteiger partial charge in [-0.1, -0.05) is 37.5 Å². The number of piperazine rings is 1. The van der Waals surface area contributed by atoms with Crippen LogP contribution < -0.4 is 10.6 Å². The molecule has 1 aliphatic heterocycles. The van der Waals surface area contributed by atoms with E-state index in [4.69, 9.17) is 5.73 Å². The van der Waals surface area contributed by atoms with Crippen LogP contribution in [0.4, 0.5) is 5.69 Å². The highest BCUT2D eigenvalue weighted by Crippen LogP contribution is 2.28. The molecule has 0 aromatic heterocycles. The third-order valence-electron chi connectivity index (χ3n) is 5.19. The van der Waals surface area contributed by atoms with Gasteiger partial charge in [0.2, 0.25) is 5.91 Å². The van der Waals surface area contributed by atoms with Gasteiger partial charge in [0.15, 0.2) is 0 Å². The highest BCUT2D eigenvalue weighted by molar-refractivity contribution is 5.86. The topological polar surface area (TPSA) is 49.6 Å². The van der Waals surface area contributed by atoms with E-state index in [1.165, 1.54) is 17.7 Å². The molecule has 1 aromatic carbocycles. The van der Waals surface area contributed by atoms with E-state index in [0.717, 1.165) is 51.9 Å². The molecule has 2 fully saturated rings. The second kappa shape index (κ2) is 8.93. The van der Waals surface area contributed by atoms with Crippen molar-refractivity contribution in [2.75, 3.05) is 31.1 Å². The van der Waals surface area contributed by atoms with Crippen molar-refractivity contribution in [3.8, 4) is 0 Å². The lowest BCUT2D eigenvalue weighted by molar-refractivity contribution is -0.138. The van der Waals surface area contributed by atoms with Gasteiger partial charge >= 0.3 is 0 Å². The van der Waals surface area contributed by atoms with Gasteiger partial charge in [-0.3, -0.25) is 4.79 Å². The summed E-state index contributed by atoms with van der Waals surface area (Å²) >= 11 is 0. The number of carbonyl (C=O) groups excluding carboxylic acids is 1. The molecule has 1 heterocycles. The van der Waals surface area contributed by atoms with Crippen LogP contribution in [0.5, 0.6) is 0 Å². The number of para-hydroxylation sites is 1. The maximum absolute atomic E-state index is 12.8. The Morgan fingerprint density at radius 1 is 1.00 bits per heavy atom. The molecule has 0 bridgehead atoms. The van der Waals surface area contributed by atoms with Crippen LogP contribution in [-0.2, 0) is 4.79 Å². The molecule has 1 saturated carbocycles. The average Bonchev–Trinajstić information content (AvgIpc) is 2.55. The molecule has 0 atom stereocenters. The lowest BCUT2D eigenvalue weighted by Crippen LogP contribution is -2.60. The summed E-state index contributed by atoms with van der Waals surface area (Å²) < 4.78 is 0. The van der Waals surface area contributed by atoms with E-state index in [2.05, 4.69) is 36.1 Å². The maximum Gasteiger partial charge on any atom is 0.242 e. The van der Waals surface area contributed by atoms with Crippen LogP contribution in [0, 0.1) is 6.92 Å². The van der Waals surface area contributed by atoms with Crippen molar-refractivity contribution >= 4 is 36.4 Å². The first-order chi connectivity index (χ1) is 10.6. The van der Waals surface area contributed by atoms with Crippen LogP contribution >= 0.6 is 24.8 Å². The zero-order valence-corrected chi connectivity index (χ0v) is 16.0. The molecule has 136 valence electrons. The summed E-state index contributed by atoms with van der Waals surface area (Å²) in [5.74, 6) is 0.177. The van der Waals surface area contributed by atoms with Gasteiger partial charge in [0.05, 0.1) is 5.54 Å². The van der Waals surface area contributed by atoms with Crippen LogP contribution in [0.1, 0.15) is 37.7 Å². The minimum atomic E-state index is -0.594. The number of benzene rings is 1. The first-order valence-electron chi connectivity index (χ1n) is 8.49. The van der Waals surface area contributed by atoms with Gasteiger partial charge in [-0.2, -0.15) is 0 Å². The van der Waals surface area contributed by atoms with E-state index in [9.17, 15) is 4.79 Å². The molecule has 3 rings (SSSR count). The number of rotatable bonds is 2. The number of nitrogens with zero attached hydrogens (tertiary/aromatic N) is 2. The zero-order valence-electron chi connectivity index (χ0n) is 14.4. The first kappa shape index (κ1) is 21.1. The number of halogens is 2. The van der Waals surface area contributed by atoms with E-state index < -0.39 is 5.54 Å². The average molecular weight is 374 g/mol. The van der Waals surface area contributed by atoms with Gasteiger partial charge in [0, 0.05) is 31.9 Å². The molecule has 2 aliphatic rings. The monoisotopic (exact) mass is 373 g/mol. The molecule has 1 aliphatic carbocycles. The molecule has 0 unspecified atom stereocenters. The number of nitrogens with two attached hydrogens (primary N) is 1. The summed E-state index contributed by atoms with van der Waals surface area (Å²) in [5.41, 5.74) is 8.39. The predicted octanol–water partition coefficient (Wildman–Crippen LogP) is 3.15. The Hall–Kier alpha value is -0.970. The summed E-state index contributed by atoms with van der Waals surface area (Å²) in [6, 6.07) is 8.46. The van der Waals surface area contributed by atoms with Crippen LogP contribution in [0.15, 0.2) is 24.3 Å². The number of hydrogen-bond acceptors (Lipinski definition) is 3. The van der Waals surface area contributed by atoms with E-state index in [1.807, 2.05) is 4.90 Å². The molecule has 4 nitrogen and oxygen atoms in total. The Kier molecular flexibility index (Phi) is 7.84. The Labute approximate surface area is 157 Å². The van der Waals surface area contributed by atoms with Crippen molar-refractivity contribution in [3.05, 3.63) is 29.8 Å². The molecule has 24 heavy (non-hydrogen) atoms. The quantitative estimate of drug-likeness (QED) is 0.865. The number of hydrogen-bond donors (Lipinski definition) is 1. The third-order valence-corrected chi connectivity index (χ3v) is 5.19. The molecule has 2 N–H and O–H groups in total. The van der Waals surface area contributed by atoms with Crippen molar-refractivity contribution in [2.45, 2.75) is 44.6 Å². The third kappa shape index (κ3) is 4.35. The van der Waals surface area contributed by atoms with Crippen molar-refractivity contribution in [2.24, 2.45) is 5.73 Å². The van der Waals surface area contributed by atoms with Gasteiger partial charge in [-0.05, 0) is 31.4 Å². The van der Waals surface area contributed by atoms with Crippen LogP contribution in [0.25, 0.3) is 0 Å². The Morgan fingerprint density at radius 3 is 2.17 bits per heavy atom. The van der Waals surface area contributed by atoms with Crippen molar-refractivity contribution in [1.82, 2.24) is 4.90 Å². The lowest BCUT2D eigenvalue weighted by Gasteiger charge is -2.42. The summed E-state index contributed by atoms with van der Waals surface area (Å²) in [4.78, 5) is 17.1. The number of aryl methyl sites for hydroxylation is 1. The second-order valence-corrected chi connectivity index (χ2v) is 6.78. The SMILES string of the molecule is Cc1ccccc1N1CCN(C(=O)C2(N)CCCCC2)CC1.Cl.Cl. The van der Waals surface area contributed by atoms with Gasteiger partial charge in [-0.15, -0.1) is 24.8 Å². The summed E-state index contributed by atoms with van der Waals surface area (Å²) in [6.07, 6.45) is 5.10. The molecule has 1 aromatic rings. The van der Waals surface area contributed by atoms with Crippen LogP contribution in [0.2, 0.25) is 0 Å².